The van der Waals surface area contributed by atoms with Crippen LogP contribution in [0.15, 0.2) is 18.2 Å². The molecule has 1 aromatic carbocycles. The van der Waals surface area contributed by atoms with E-state index in [0.717, 1.165) is 18.2 Å². The number of aliphatic hydroxyl groups is 1. The Morgan fingerprint density at radius 3 is 2.42 bits per heavy atom. The van der Waals surface area contributed by atoms with Crippen molar-refractivity contribution in [1.82, 2.24) is 0 Å². The van der Waals surface area contributed by atoms with Crippen LogP contribution in [0.2, 0.25) is 0 Å². The molecule has 1 fully saturated rings. The second kappa shape index (κ2) is 4.74. The van der Waals surface area contributed by atoms with E-state index in [4.69, 9.17) is 0 Å². The minimum atomic E-state index is -4.38. The third kappa shape index (κ3) is 2.88. The van der Waals surface area contributed by atoms with Crippen molar-refractivity contribution in [3.63, 3.8) is 0 Å². The van der Waals surface area contributed by atoms with E-state index < -0.39 is 35.8 Å². The van der Waals surface area contributed by atoms with E-state index in [2.05, 4.69) is 0 Å². The summed E-state index contributed by atoms with van der Waals surface area (Å²) in [6, 6.07) is 2.73. The molecule has 6 heteroatoms. The molecule has 2 unspecified atom stereocenters. The molecule has 0 aromatic heterocycles. The van der Waals surface area contributed by atoms with Gasteiger partial charge in [-0.05, 0) is 43.4 Å². The zero-order chi connectivity index (χ0) is 14.3. The van der Waals surface area contributed by atoms with Crippen molar-refractivity contribution in [1.29, 1.82) is 0 Å². The van der Waals surface area contributed by atoms with Gasteiger partial charge >= 0.3 is 6.18 Å². The first-order valence-corrected chi connectivity index (χ1v) is 5.97. The predicted molar refractivity (Wildman–Crippen MR) is 58.3 cm³/mol. The number of rotatable bonds is 1. The highest BCUT2D eigenvalue weighted by atomic mass is 19.4. The van der Waals surface area contributed by atoms with E-state index in [9.17, 15) is 27.1 Å². The maximum Gasteiger partial charge on any atom is 0.391 e. The molecule has 0 amide bonds. The van der Waals surface area contributed by atoms with Crippen LogP contribution in [0.5, 0.6) is 0 Å². The highest BCUT2D eigenvalue weighted by Gasteiger charge is 2.47. The Bertz CT molecular complexity index is 471. The lowest BCUT2D eigenvalue weighted by Gasteiger charge is -2.38. The van der Waals surface area contributed by atoms with Gasteiger partial charge in [0, 0.05) is 0 Å². The van der Waals surface area contributed by atoms with Gasteiger partial charge in [-0.25, -0.2) is 8.78 Å². The highest BCUT2D eigenvalue weighted by Crippen LogP contribution is 2.46. The lowest BCUT2D eigenvalue weighted by Crippen LogP contribution is -2.38. The Hall–Kier alpha value is -1.17. The molecule has 1 nitrogen and oxygen atoms in total. The van der Waals surface area contributed by atoms with Gasteiger partial charge in [0.25, 0.3) is 0 Å². The SMILES string of the molecule is OC1(c2ccc(F)c(F)c2)CCCC(C(F)(F)F)C1. The van der Waals surface area contributed by atoms with Crippen molar-refractivity contribution in [2.75, 3.05) is 0 Å². The van der Waals surface area contributed by atoms with Crippen LogP contribution in [0.4, 0.5) is 22.0 Å². The van der Waals surface area contributed by atoms with Crippen LogP contribution in [0.25, 0.3) is 0 Å². The first-order chi connectivity index (χ1) is 8.72. The number of hydrogen-bond donors (Lipinski definition) is 1. The molecule has 1 aromatic rings. The summed E-state index contributed by atoms with van der Waals surface area (Å²) in [6.07, 6.45) is -4.63. The monoisotopic (exact) mass is 280 g/mol. The lowest BCUT2D eigenvalue weighted by molar-refractivity contribution is -0.201. The topological polar surface area (TPSA) is 20.2 Å². The molecule has 106 valence electrons. The van der Waals surface area contributed by atoms with Crippen LogP contribution in [0.1, 0.15) is 31.2 Å². The largest absolute Gasteiger partial charge is 0.391 e. The maximum absolute atomic E-state index is 13.1. The fraction of sp³-hybridized carbons (Fsp3) is 0.538. The molecule has 0 saturated heterocycles. The molecule has 0 heterocycles. The Labute approximate surface area is 107 Å². The predicted octanol–water partition coefficient (Wildman–Crippen LogP) is 3.90. The summed E-state index contributed by atoms with van der Waals surface area (Å²) in [5.74, 6) is -3.87. The summed E-state index contributed by atoms with van der Waals surface area (Å²) in [5.41, 5.74) is -1.74. The van der Waals surface area contributed by atoms with Crippen molar-refractivity contribution >= 4 is 0 Å². The van der Waals surface area contributed by atoms with Crippen LogP contribution in [0, 0.1) is 17.6 Å². The van der Waals surface area contributed by atoms with Crippen LogP contribution >= 0.6 is 0 Å². The summed E-state index contributed by atoms with van der Waals surface area (Å²) >= 11 is 0. The van der Waals surface area contributed by atoms with E-state index >= 15 is 0 Å². The van der Waals surface area contributed by atoms with Gasteiger partial charge in [0.2, 0.25) is 0 Å². The highest BCUT2D eigenvalue weighted by molar-refractivity contribution is 5.25. The second-order valence-corrected chi connectivity index (χ2v) is 5.00. The standard InChI is InChI=1S/C13H13F5O/c14-10-4-3-8(6-11(10)15)12(19)5-1-2-9(7-12)13(16,17)18/h3-4,6,9,19H,1-2,5,7H2. The van der Waals surface area contributed by atoms with E-state index in [1.807, 2.05) is 0 Å². The maximum atomic E-state index is 13.1. The molecule has 0 bridgehead atoms. The average molecular weight is 280 g/mol. The van der Waals surface area contributed by atoms with Gasteiger partial charge in [-0.3, -0.25) is 0 Å². The normalized spacial score (nSPS) is 28.4. The molecule has 1 aliphatic rings. The fourth-order valence-electron chi connectivity index (χ4n) is 2.58. The second-order valence-electron chi connectivity index (χ2n) is 5.00. The van der Waals surface area contributed by atoms with E-state index in [1.165, 1.54) is 0 Å². The molecule has 0 aliphatic heterocycles. The summed E-state index contributed by atoms with van der Waals surface area (Å²) in [7, 11) is 0. The zero-order valence-corrected chi connectivity index (χ0v) is 9.97. The molecule has 1 saturated carbocycles. The van der Waals surface area contributed by atoms with Crippen molar-refractivity contribution in [3.05, 3.63) is 35.4 Å². The molecule has 19 heavy (non-hydrogen) atoms. The fourth-order valence-corrected chi connectivity index (χ4v) is 2.58. The Morgan fingerprint density at radius 1 is 1.16 bits per heavy atom. The minimum absolute atomic E-state index is 0.000324. The number of alkyl halides is 3. The molecule has 1 N–H and O–H groups in total. The number of halogens is 5. The summed E-state index contributed by atoms with van der Waals surface area (Å²) < 4.78 is 64.0. The molecular weight excluding hydrogens is 267 g/mol. The van der Waals surface area contributed by atoms with E-state index in [0.29, 0.717) is 0 Å². The van der Waals surface area contributed by atoms with E-state index in [1.54, 1.807) is 0 Å². The summed E-state index contributed by atoms with van der Waals surface area (Å²) in [6.45, 7) is 0. The lowest BCUT2D eigenvalue weighted by atomic mass is 9.74. The van der Waals surface area contributed by atoms with Crippen molar-refractivity contribution in [3.8, 4) is 0 Å². The molecular formula is C13H13F5O. The van der Waals surface area contributed by atoms with Gasteiger partial charge in [-0.2, -0.15) is 13.2 Å². The summed E-state index contributed by atoms with van der Waals surface area (Å²) in [4.78, 5) is 0. The molecule has 0 spiro atoms. The van der Waals surface area contributed by atoms with Gasteiger partial charge in [0.15, 0.2) is 11.6 Å². The van der Waals surface area contributed by atoms with Gasteiger partial charge in [0.1, 0.15) is 0 Å². The number of hydrogen-bond acceptors (Lipinski definition) is 1. The van der Waals surface area contributed by atoms with E-state index in [-0.39, 0.29) is 24.8 Å². The minimum Gasteiger partial charge on any atom is -0.385 e. The average Bonchev–Trinajstić information content (AvgIpc) is 2.31. The number of benzene rings is 1. The molecule has 2 rings (SSSR count). The van der Waals surface area contributed by atoms with Crippen LogP contribution in [0.3, 0.4) is 0 Å². The van der Waals surface area contributed by atoms with Crippen LogP contribution in [-0.2, 0) is 5.60 Å². The Morgan fingerprint density at radius 2 is 1.84 bits per heavy atom. The van der Waals surface area contributed by atoms with Crippen molar-refractivity contribution in [2.24, 2.45) is 5.92 Å². The van der Waals surface area contributed by atoms with Gasteiger partial charge < -0.3 is 5.11 Å². The third-order valence-corrected chi connectivity index (χ3v) is 3.65. The quantitative estimate of drug-likeness (QED) is 0.773. The zero-order valence-electron chi connectivity index (χ0n) is 9.97. The van der Waals surface area contributed by atoms with Crippen molar-refractivity contribution < 1.29 is 27.1 Å². The Balaban J connectivity index is 2.28. The molecule has 0 radical (unpaired) electrons. The van der Waals surface area contributed by atoms with Gasteiger partial charge in [-0.1, -0.05) is 6.07 Å². The smallest absolute Gasteiger partial charge is 0.385 e. The summed E-state index contributed by atoms with van der Waals surface area (Å²) in [5, 5.41) is 10.3. The van der Waals surface area contributed by atoms with Gasteiger partial charge in [0.05, 0.1) is 11.5 Å². The van der Waals surface area contributed by atoms with Crippen LogP contribution in [-0.4, -0.2) is 11.3 Å². The van der Waals surface area contributed by atoms with Gasteiger partial charge in [-0.15, -0.1) is 0 Å². The third-order valence-electron chi connectivity index (χ3n) is 3.65. The van der Waals surface area contributed by atoms with Crippen LogP contribution < -0.4 is 0 Å². The molecule has 1 aliphatic carbocycles. The first-order valence-electron chi connectivity index (χ1n) is 5.97. The van der Waals surface area contributed by atoms with Crippen molar-refractivity contribution in [2.45, 2.75) is 37.5 Å². The Kier molecular flexibility index (Phi) is 3.55. The first kappa shape index (κ1) is 14.2. The molecule has 2 atom stereocenters.